The topological polar surface area (TPSA) is 84.2 Å². The van der Waals surface area contributed by atoms with Gasteiger partial charge in [0.1, 0.15) is 5.76 Å². The van der Waals surface area contributed by atoms with Crippen LogP contribution in [0.1, 0.15) is 23.9 Å². The van der Waals surface area contributed by atoms with Crippen LogP contribution in [0.3, 0.4) is 0 Å². The van der Waals surface area contributed by atoms with Crippen molar-refractivity contribution in [3.05, 3.63) is 47.5 Å². The van der Waals surface area contributed by atoms with Crippen LogP contribution in [0.4, 0.5) is 0 Å². The van der Waals surface area contributed by atoms with Crippen molar-refractivity contribution in [3.63, 3.8) is 0 Å². The lowest BCUT2D eigenvalue weighted by atomic mass is 10.1. The highest BCUT2D eigenvalue weighted by atomic mass is 32.2. The highest BCUT2D eigenvalue weighted by Gasteiger charge is 2.16. The van der Waals surface area contributed by atoms with Gasteiger partial charge in [-0.3, -0.25) is 4.98 Å². The van der Waals surface area contributed by atoms with Gasteiger partial charge in [-0.15, -0.1) is 0 Å². The molecule has 0 amide bonds. The van der Waals surface area contributed by atoms with Crippen LogP contribution in [0.5, 0.6) is 0 Å². The zero-order valence-electron chi connectivity index (χ0n) is 12.1. The van der Waals surface area contributed by atoms with Gasteiger partial charge >= 0.3 is 0 Å². The zero-order chi connectivity index (χ0) is 15.3. The van der Waals surface area contributed by atoms with Crippen LogP contribution >= 0.6 is 0 Å². The van der Waals surface area contributed by atoms with Crippen molar-refractivity contribution in [2.24, 2.45) is 0 Å². The Morgan fingerprint density at radius 1 is 1.24 bits per heavy atom. The van der Waals surface area contributed by atoms with E-state index in [0.717, 1.165) is 12.1 Å². The first kappa shape index (κ1) is 15.7. The minimum atomic E-state index is -3.52. The molecule has 0 aromatic carbocycles. The fraction of sp³-hybridized carbons (Fsp3) is 0.357. The maximum atomic E-state index is 11.6. The molecule has 21 heavy (non-hydrogen) atoms. The van der Waals surface area contributed by atoms with Crippen molar-refractivity contribution in [2.75, 3.05) is 7.05 Å². The second-order valence-corrected chi connectivity index (χ2v) is 6.31. The minimum absolute atomic E-state index is 0.0751. The van der Waals surface area contributed by atoms with Crippen LogP contribution in [-0.2, 0) is 29.5 Å². The largest absolute Gasteiger partial charge is 0.447 e. The Morgan fingerprint density at radius 2 is 2.05 bits per heavy atom. The van der Waals surface area contributed by atoms with E-state index in [-0.39, 0.29) is 5.09 Å². The Balaban J connectivity index is 1.95. The molecule has 0 unspecified atom stereocenters. The molecule has 2 aromatic rings. The zero-order valence-corrected chi connectivity index (χ0v) is 12.9. The van der Waals surface area contributed by atoms with Crippen molar-refractivity contribution in [3.8, 4) is 0 Å². The van der Waals surface area contributed by atoms with E-state index in [1.54, 1.807) is 12.3 Å². The molecule has 0 bridgehead atoms. The third-order valence-corrected chi connectivity index (χ3v) is 4.41. The molecule has 2 rings (SSSR count). The fourth-order valence-corrected chi connectivity index (χ4v) is 2.62. The molecule has 0 saturated carbocycles. The van der Waals surface area contributed by atoms with Gasteiger partial charge in [0, 0.05) is 12.7 Å². The number of nitrogens with one attached hydrogen (secondary N) is 2. The predicted molar refractivity (Wildman–Crippen MR) is 79.1 cm³/mol. The van der Waals surface area contributed by atoms with E-state index in [1.165, 1.54) is 18.7 Å². The van der Waals surface area contributed by atoms with E-state index in [4.69, 9.17) is 4.42 Å². The predicted octanol–water partition coefficient (Wildman–Crippen LogP) is 1.43. The van der Waals surface area contributed by atoms with Crippen LogP contribution in [0, 0.1) is 0 Å². The highest BCUT2D eigenvalue weighted by molar-refractivity contribution is 7.89. The van der Waals surface area contributed by atoms with Gasteiger partial charge in [-0.25, -0.2) is 13.1 Å². The molecule has 0 aliphatic carbocycles. The summed E-state index contributed by atoms with van der Waals surface area (Å²) in [6.07, 6.45) is 2.69. The number of furan rings is 1. The van der Waals surface area contributed by atoms with Gasteiger partial charge in [-0.05, 0) is 37.2 Å². The molecule has 2 aromatic heterocycles. The lowest BCUT2D eigenvalue weighted by molar-refractivity contribution is 0.400. The first-order chi connectivity index (χ1) is 10.1. The smallest absolute Gasteiger partial charge is 0.273 e. The molecule has 0 aliphatic rings. The molecule has 0 radical (unpaired) electrons. The maximum Gasteiger partial charge on any atom is 0.273 e. The van der Waals surface area contributed by atoms with E-state index < -0.39 is 10.0 Å². The number of sulfonamides is 1. The summed E-state index contributed by atoms with van der Waals surface area (Å²) >= 11 is 0. The van der Waals surface area contributed by atoms with Crippen LogP contribution in [0.15, 0.2) is 40.0 Å². The summed E-state index contributed by atoms with van der Waals surface area (Å²) in [6, 6.07) is 7.07. The molecule has 2 heterocycles. The molecular formula is C14H19N3O3S. The van der Waals surface area contributed by atoms with Crippen molar-refractivity contribution in [1.82, 2.24) is 15.0 Å². The average Bonchev–Trinajstić information content (AvgIpc) is 2.97. The number of pyridine rings is 1. The van der Waals surface area contributed by atoms with E-state index in [9.17, 15) is 8.42 Å². The Morgan fingerprint density at radius 3 is 2.76 bits per heavy atom. The van der Waals surface area contributed by atoms with Gasteiger partial charge in [0.15, 0.2) is 0 Å². The van der Waals surface area contributed by atoms with Gasteiger partial charge in [-0.1, -0.05) is 13.0 Å². The summed E-state index contributed by atoms with van der Waals surface area (Å²) in [5.74, 6) is 0.567. The Kier molecular flexibility index (Phi) is 5.11. The molecule has 0 aliphatic heterocycles. The van der Waals surface area contributed by atoms with Gasteiger partial charge in [-0.2, -0.15) is 0 Å². The van der Waals surface area contributed by atoms with E-state index in [2.05, 4.69) is 28.0 Å². The number of hydrogen-bond donors (Lipinski definition) is 2. The van der Waals surface area contributed by atoms with Gasteiger partial charge < -0.3 is 9.73 Å². The Labute approximate surface area is 124 Å². The average molecular weight is 309 g/mol. The van der Waals surface area contributed by atoms with Crippen LogP contribution < -0.4 is 10.0 Å². The fourth-order valence-electron chi connectivity index (χ4n) is 1.95. The van der Waals surface area contributed by atoms with E-state index >= 15 is 0 Å². The number of rotatable bonds is 7. The first-order valence-corrected chi connectivity index (χ1v) is 8.21. The molecular weight excluding hydrogens is 290 g/mol. The second kappa shape index (κ2) is 6.84. The molecule has 0 spiro atoms. The molecule has 0 fully saturated rings. The Hall–Kier alpha value is -1.70. The number of aryl methyl sites for hydroxylation is 1. The lowest BCUT2D eigenvalue weighted by Gasteiger charge is -2.07. The summed E-state index contributed by atoms with van der Waals surface area (Å²) in [4.78, 5) is 4.34. The summed E-state index contributed by atoms with van der Waals surface area (Å²) in [5.41, 5.74) is 2.19. The van der Waals surface area contributed by atoms with Gasteiger partial charge in [0.2, 0.25) is 5.09 Å². The van der Waals surface area contributed by atoms with Gasteiger partial charge in [0.05, 0.1) is 12.2 Å². The molecule has 114 valence electrons. The standard InChI is InChI=1S/C14H19N3O3S/c1-3-11-5-4-8-17-13(11)10-16-9-12-6-7-14(20-12)21(18,19)15-2/h4-8,15-16H,3,9-10H2,1-2H3. The third-order valence-electron chi connectivity index (χ3n) is 3.13. The van der Waals surface area contributed by atoms with Crippen LogP contribution in [0.25, 0.3) is 0 Å². The van der Waals surface area contributed by atoms with E-state index in [0.29, 0.717) is 18.8 Å². The summed E-state index contributed by atoms with van der Waals surface area (Å²) in [7, 11) is -2.17. The Bertz CT molecular complexity index is 695. The number of hydrogen-bond acceptors (Lipinski definition) is 5. The molecule has 0 saturated heterocycles. The number of nitrogens with zero attached hydrogens (tertiary/aromatic N) is 1. The summed E-state index contributed by atoms with van der Waals surface area (Å²) in [6.45, 7) is 3.14. The summed E-state index contributed by atoms with van der Waals surface area (Å²) < 4.78 is 30.6. The highest BCUT2D eigenvalue weighted by Crippen LogP contribution is 2.13. The van der Waals surface area contributed by atoms with Crippen molar-refractivity contribution in [2.45, 2.75) is 31.5 Å². The molecule has 2 N–H and O–H groups in total. The maximum absolute atomic E-state index is 11.6. The second-order valence-electron chi connectivity index (χ2n) is 4.49. The van der Waals surface area contributed by atoms with Crippen molar-refractivity contribution in [1.29, 1.82) is 0 Å². The lowest BCUT2D eigenvalue weighted by Crippen LogP contribution is -2.18. The van der Waals surface area contributed by atoms with Crippen molar-refractivity contribution >= 4 is 10.0 Å². The van der Waals surface area contributed by atoms with Crippen molar-refractivity contribution < 1.29 is 12.8 Å². The quantitative estimate of drug-likeness (QED) is 0.808. The monoisotopic (exact) mass is 309 g/mol. The van der Waals surface area contributed by atoms with E-state index in [1.807, 2.05) is 6.07 Å². The van der Waals surface area contributed by atoms with Crippen LogP contribution in [0.2, 0.25) is 0 Å². The molecule has 7 heteroatoms. The third kappa shape index (κ3) is 3.90. The minimum Gasteiger partial charge on any atom is -0.447 e. The SMILES string of the molecule is CCc1cccnc1CNCc1ccc(S(=O)(=O)NC)o1. The summed E-state index contributed by atoms with van der Waals surface area (Å²) in [5, 5.41) is 3.13. The molecule has 6 nitrogen and oxygen atoms in total. The first-order valence-electron chi connectivity index (χ1n) is 6.72. The molecule has 0 atom stereocenters. The van der Waals surface area contributed by atoms with Gasteiger partial charge in [0.25, 0.3) is 10.0 Å². The normalized spacial score (nSPS) is 11.7. The number of aromatic nitrogens is 1. The van der Waals surface area contributed by atoms with Crippen LogP contribution in [-0.4, -0.2) is 20.4 Å².